The van der Waals surface area contributed by atoms with Crippen LogP contribution >= 0.6 is 0 Å². The van der Waals surface area contributed by atoms with Gasteiger partial charge in [-0.1, -0.05) is 19.3 Å². The summed E-state index contributed by atoms with van der Waals surface area (Å²) in [5.41, 5.74) is 0. The van der Waals surface area contributed by atoms with E-state index in [0.29, 0.717) is 25.4 Å². The van der Waals surface area contributed by atoms with Crippen molar-refractivity contribution in [2.45, 2.75) is 51.0 Å². The molecular formula is C12H20N2O2. The summed E-state index contributed by atoms with van der Waals surface area (Å²) in [5, 5.41) is 4.02. The Kier molecular flexibility index (Phi) is 3.93. The van der Waals surface area contributed by atoms with E-state index >= 15 is 0 Å². The third kappa shape index (κ3) is 2.43. The first kappa shape index (κ1) is 11.6. The standard InChI is InChI=1S/C12H20N2O2/c15-10-4-8-13-9-7-12(16)14(13)11-5-2-1-3-6-11/h10-11H,1-9H2. The van der Waals surface area contributed by atoms with E-state index < -0.39 is 0 Å². The summed E-state index contributed by atoms with van der Waals surface area (Å²) in [6.45, 7) is 1.49. The van der Waals surface area contributed by atoms with Crippen molar-refractivity contribution in [1.29, 1.82) is 0 Å². The number of nitrogens with zero attached hydrogens (tertiary/aromatic N) is 2. The van der Waals surface area contributed by atoms with Gasteiger partial charge in [0.05, 0.1) is 0 Å². The molecule has 2 rings (SSSR count). The second-order valence-electron chi connectivity index (χ2n) is 4.69. The van der Waals surface area contributed by atoms with Crippen LogP contribution in [-0.4, -0.2) is 41.3 Å². The minimum atomic E-state index is 0.248. The molecule has 0 bridgehead atoms. The molecule has 16 heavy (non-hydrogen) atoms. The van der Waals surface area contributed by atoms with Crippen LogP contribution in [0.25, 0.3) is 0 Å². The SMILES string of the molecule is O=CCCN1CCC(=O)N1C1CCCCC1. The molecule has 1 saturated heterocycles. The second-order valence-corrected chi connectivity index (χ2v) is 4.69. The largest absolute Gasteiger partial charge is 0.303 e. The topological polar surface area (TPSA) is 40.6 Å². The lowest BCUT2D eigenvalue weighted by atomic mass is 9.95. The summed E-state index contributed by atoms with van der Waals surface area (Å²) in [6, 6.07) is 0.399. The molecule has 1 heterocycles. The molecule has 0 aromatic carbocycles. The molecule has 0 N–H and O–H groups in total. The predicted octanol–water partition coefficient (Wildman–Crippen LogP) is 1.36. The predicted molar refractivity (Wildman–Crippen MR) is 60.6 cm³/mol. The van der Waals surface area contributed by atoms with Crippen molar-refractivity contribution in [2.75, 3.05) is 13.1 Å². The zero-order valence-corrected chi connectivity index (χ0v) is 9.73. The number of rotatable bonds is 4. The lowest BCUT2D eigenvalue weighted by Crippen LogP contribution is -2.47. The number of aldehydes is 1. The number of hydrazine groups is 1. The molecule has 0 unspecified atom stereocenters. The molecule has 0 atom stereocenters. The zero-order chi connectivity index (χ0) is 11.4. The van der Waals surface area contributed by atoms with E-state index in [4.69, 9.17) is 0 Å². The maximum absolute atomic E-state index is 11.8. The normalized spacial score (nSPS) is 24.0. The van der Waals surface area contributed by atoms with Crippen molar-refractivity contribution in [2.24, 2.45) is 0 Å². The van der Waals surface area contributed by atoms with E-state index in [9.17, 15) is 9.59 Å². The van der Waals surface area contributed by atoms with Crippen LogP contribution in [-0.2, 0) is 9.59 Å². The minimum Gasteiger partial charge on any atom is -0.303 e. The van der Waals surface area contributed by atoms with Gasteiger partial charge >= 0.3 is 0 Å². The monoisotopic (exact) mass is 224 g/mol. The van der Waals surface area contributed by atoms with Crippen LogP contribution in [0.5, 0.6) is 0 Å². The van der Waals surface area contributed by atoms with E-state index in [0.717, 1.165) is 25.7 Å². The molecule has 1 aliphatic heterocycles. The lowest BCUT2D eigenvalue weighted by molar-refractivity contribution is -0.144. The third-order valence-corrected chi connectivity index (χ3v) is 3.57. The van der Waals surface area contributed by atoms with Crippen molar-refractivity contribution in [3.8, 4) is 0 Å². The van der Waals surface area contributed by atoms with Crippen molar-refractivity contribution < 1.29 is 9.59 Å². The van der Waals surface area contributed by atoms with Gasteiger partial charge < -0.3 is 4.79 Å². The Hall–Kier alpha value is -0.900. The Morgan fingerprint density at radius 2 is 2.00 bits per heavy atom. The fraction of sp³-hybridized carbons (Fsp3) is 0.833. The summed E-state index contributed by atoms with van der Waals surface area (Å²) in [7, 11) is 0. The molecule has 1 aliphatic carbocycles. The summed E-state index contributed by atoms with van der Waals surface area (Å²) in [5.74, 6) is 0.248. The average molecular weight is 224 g/mol. The van der Waals surface area contributed by atoms with Crippen LogP contribution in [0.2, 0.25) is 0 Å². The molecule has 4 nitrogen and oxygen atoms in total. The van der Waals surface area contributed by atoms with Gasteiger partial charge in [-0.05, 0) is 12.8 Å². The van der Waals surface area contributed by atoms with Crippen LogP contribution in [0.4, 0.5) is 0 Å². The fourth-order valence-corrected chi connectivity index (χ4v) is 2.79. The van der Waals surface area contributed by atoms with Gasteiger partial charge in [-0.3, -0.25) is 9.80 Å². The van der Waals surface area contributed by atoms with Gasteiger partial charge in [0.2, 0.25) is 5.91 Å². The first-order chi connectivity index (χ1) is 7.83. The molecule has 2 fully saturated rings. The summed E-state index contributed by atoms with van der Waals surface area (Å²) < 4.78 is 0. The highest BCUT2D eigenvalue weighted by atomic mass is 16.2. The number of carbonyl (C=O) groups is 2. The Balaban J connectivity index is 1.96. The highest BCUT2D eigenvalue weighted by molar-refractivity contribution is 5.78. The van der Waals surface area contributed by atoms with E-state index in [1.54, 1.807) is 0 Å². The molecule has 0 aromatic heterocycles. The molecule has 2 aliphatic rings. The maximum atomic E-state index is 11.8. The number of amides is 1. The zero-order valence-electron chi connectivity index (χ0n) is 9.73. The smallest absolute Gasteiger partial charge is 0.238 e. The summed E-state index contributed by atoms with van der Waals surface area (Å²) in [6.07, 6.45) is 8.10. The van der Waals surface area contributed by atoms with Crippen molar-refractivity contribution in [1.82, 2.24) is 10.0 Å². The molecular weight excluding hydrogens is 204 g/mol. The first-order valence-electron chi connectivity index (χ1n) is 6.33. The fourth-order valence-electron chi connectivity index (χ4n) is 2.79. The summed E-state index contributed by atoms with van der Waals surface area (Å²) in [4.78, 5) is 22.2. The maximum Gasteiger partial charge on any atom is 0.238 e. The summed E-state index contributed by atoms with van der Waals surface area (Å²) >= 11 is 0. The van der Waals surface area contributed by atoms with Gasteiger partial charge in [-0.15, -0.1) is 0 Å². The quantitative estimate of drug-likeness (QED) is 0.677. The van der Waals surface area contributed by atoms with Gasteiger partial charge in [0.25, 0.3) is 0 Å². The third-order valence-electron chi connectivity index (χ3n) is 3.57. The molecule has 4 heteroatoms. The molecule has 1 saturated carbocycles. The second kappa shape index (κ2) is 5.43. The Labute approximate surface area is 96.6 Å². The van der Waals surface area contributed by atoms with E-state index in [1.165, 1.54) is 19.3 Å². The van der Waals surface area contributed by atoms with Gasteiger partial charge in [0.1, 0.15) is 6.29 Å². The van der Waals surface area contributed by atoms with Gasteiger partial charge in [0, 0.05) is 32.0 Å². The van der Waals surface area contributed by atoms with Crippen LogP contribution < -0.4 is 0 Å². The van der Waals surface area contributed by atoms with Crippen molar-refractivity contribution in [3.05, 3.63) is 0 Å². The molecule has 0 aromatic rings. The first-order valence-corrected chi connectivity index (χ1v) is 6.33. The average Bonchev–Trinajstić information content (AvgIpc) is 2.69. The van der Waals surface area contributed by atoms with E-state index in [-0.39, 0.29) is 5.91 Å². The van der Waals surface area contributed by atoms with E-state index in [1.807, 2.05) is 5.01 Å². The van der Waals surface area contributed by atoms with Gasteiger partial charge in [-0.2, -0.15) is 0 Å². The Bertz CT molecular complexity index is 262. The molecule has 0 spiro atoms. The van der Waals surface area contributed by atoms with Crippen LogP contribution in [0, 0.1) is 0 Å². The van der Waals surface area contributed by atoms with E-state index in [2.05, 4.69) is 5.01 Å². The van der Waals surface area contributed by atoms with Crippen molar-refractivity contribution >= 4 is 12.2 Å². The number of carbonyl (C=O) groups excluding carboxylic acids is 2. The number of hydrogen-bond acceptors (Lipinski definition) is 3. The van der Waals surface area contributed by atoms with Gasteiger partial charge in [0.15, 0.2) is 0 Å². The lowest BCUT2D eigenvalue weighted by Gasteiger charge is -2.37. The molecule has 90 valence electrons. The molecule has 0 radical (unpaired) electrons. The Morgan fingerprint density at radius 1 is 1.25 bits per heavy atom. The Morgan fingerprint density at radius 3 is 2.69 bits per heavy atom. The molecule has 1 amide bonds. The van der Waals surface area contributed by atoms with Crippen LogP contribution in [0.3, 0.4) is 0 Å². The highest BCUT2D eigenvalue weighted by Crippen LogP contribution is 2.27. The number of hydrogen-bond donors (Lipinski definition) is 0. The van der Waals surface area contributed by atoms with Crippen LogP contribution in [0.15, 0.2) is 0 Å². The van der Waals surface area contributed by atoms with Crippen LogP contribution in [0.1, 0.15) is 44.9 Å². The van der Waals surface area contributed by atoms with Crippen molar-refractivity contribution in [3.63, 3.8) is 0 Å². The minimum absolute atomic E-state index is 0.248. The van der Waals surface area contributed by atoms with Gasteiger partial charge in [-0.25, -0.2) is 5.01 Å². The highest BCUT2D eigenvalue weighted by Gasteiger charge is 2.34.